The molecule has 1 rings (SSSR count). The number of carbonyl (C=O) groups excluding carboxylic acids is 1. The first kappa shape index (κ1) is 83.6. The van der Waals surface area contributed by atoms with Crippen molar-refractivity contribution in [1.29, 1.82) is 0 Å². The van der Waals surface area contributed by atoms with E-state index >= 15 is 0 Å². The van der Waals surface area contributed by atoms with Crippen molar-refractivity contribution in [3.8, 4) is 0 Å². The number of amides is 1. The second-order valence-corrected chi connectivity index (χ2v) is 27.1. The first-order chi connectivity index (χ1) is 42.7. The van der Waals surface area contributed by atoms with E-state index in [-0.39, 0.29) is 12.8 Å². The monoisotopic (exact) mass is 1230 g/mol. The molecular formula is C76H147NO10. The van der Waals surface area contributed by atoms with Crippen LogP contribution in [0.15, 0.2) is 24.3 Å². The lowest BCUT2D eigenvalue weighted by Gasteiger charge is -2.40. The molecule has 87 heavy (non-hydrogen) atoms. The summed E-state index contributed by atoms with van der Waals surface area (Å²) in [7, 11) is 0. The number of hydrogen-bond acceptors (Lipinski definition) is 10. The third-order valence-electron chi connectivity index (χ3n) is 18.7. The first-order valence-electron chi connectivity index (χ1n) is 38.2. The van der Waals surface area contributed by atoms with Crippen molar-refractivity contribution in [3.63, 3.8) is 0 Å². The maximum atomic E-state index is 13.3. The maximum absolute atomic E-state index is 13.3. The van der Waals surface area contributed by atoms with Gasteiger partial charge in [0.05, 0.1) is 25.4 Å². The molecule has 0 bridgehead atoms. The molecule has 1 aliphatic rings. The summed E-state index contributed by atoms with van der Waals surface area (Å²) in [6.07, 6.45) is 71.5. The van der Waals surface area contributed by atoms with E-state index in [2.05, 4.69) is 43.5 Å². The number of aliphatic hydroxyl groups excluding tert-OH is 7. The molecule has 11 nitrogen and oxygen atoms in total. The molecule has 1 aliphatic heterocycles. The SMILES string of the molecule is CCCCCCCCCCCCCCCC/C=C\CCCCCCCCCCCCCCCCCCC(O)C(=O)NC(COC1OC(CO)C(O)C(O)C1O)C(O)C(O)CCC/C=C/CCCCCCCCCCCCCCCCCCCCCCC. The van der Waals surface area contributed by atoms with E-state index in [0.717, 1.165) is 38.5 Å². The number of nitrogens with one attached hydrogen (secondary N) is 1. The zero-order valence-corrected chi connectivity index (χ0v) is 57.3. The van der Waals surface area contributed by atoms with Gasteiger partial charge in [0.2, 0.25) is 5.91 Å². The van der Waals surface area contributed by atoms with Gasteiger partial charge in [-0.05, 0) is 64.2 Å². The van der Waals surface area contributed by atoms with Crippen LogP contribution in [0.1, 0.15) is 386 Å². The zero-order valence-electron chi connectivity index (χ0n) is 57.3. The predicted octanol–water partition coefficient (Wildman–Crippen LogP) is 19.1. The minimum Gasteiger partial charge on any atom is -0.394 e. The Balaban J connectivity index is 2.16. The van der Waals surface area contributed by atoms with Crippen LogP contribution < -0.4 is 5.32 Å². The average Bonchev–Trinajstić information content (AvgIpc) is 1.97. The highest BCUT2D eigenvalue weighted by Gasteiger charge is 2.44. The molecule has 0 aromatic heterocycles. The van der Waals surface area contributed by atoms with Gasteiger partial charge in [-0.25, -0.2) is 0 Å². The molecule has 0 saturated carbocycles. The van der Waals surface area contributed by atoms with Crippen LogP contribution in [-0.2, 0) is 14.3 Å². The fourth-order valence-electron chi connectivity index (χ4n) is 12.6. The second-order valence-electron chi connectivity index (χ2n) is 27.1. The van der Waals surface area contributed by atoms with Crippen molar-refractivity contribution in [2.75, 3.05) is 13.2 Å². The van der Waals surface area contributed by atoms with Gasteiger partial charge in [0.25, 0.3) is 0 Å². The van der Waals surface area contributed by atoms with Crippen molar-refractivity contribution in [2.45, 2.75) is 441 Å². The van der Waals surface area contributed by atoms with Gasteiger partial charge in [-0.3, -0.25) is 4.79 Å². The van der Waals surface area contributed by atoms with Gasteiger partial charge in [0.15, 0.2) is 6.29 Å². The Bertz CT molecular complexity index is 1460. The van der Waals surface area contributed by atoms with Crippen LogP contribution >= 0.6 is 0 Å². The molecule has 9 atom stereocenters. The van der Waals surface area contributed by atoms with Crippen LogP contribution in [0.3, 0.4) is 0 Å². The highest BCUT2D eigenvalue weighted by molar-refractivity contribution is 5.80. The van der Waals surface area contributed by atoms with Gasteiger partial charge in [-0.2, -0.15) is 0 Å². The molecule has 0 aromatic carbocycles. The molecule has 1 heterocycles. The van der Waals surface area contributed by atoms with Crippen LogP contribution in [0.4, 0.5) is 0 Å². The Hall–Kier alpha value is -1.41. The van der Waals surface area contributed by atoms with Crippen molar-refractivity contribution in [1.82, 2.24) is 5.32 Å². The lowest BCUT2D eigenvalue weighted by atomic mass is 9.98. The minimum atomic E-state index is -1.67. The fourth-order valence-corrected chi connectivity index (χ4v) is 12.6. The lowest BCUT2D eigenvalue weighted by Crippen LogP contribution is -2.60. The van der Waals surface area contributed by atoms with E-state index < -0.39 is 74.2 Å². The van der Waals surface area contributed by atoms with E-state index in [0.29, 0.717) is 12.8 Å². The van der Waals surface area contributed by atoms with Gasteiger partial charge in [0.1, 0.15) is 36.6 Å². The Morgan fingerprint density at radius 1 is 0.391 bits per heavy atom. The summed E-state index contributed by atoms with van der Waals surface area (Å²) in [6.45, 7) is 3.51. The van der Waals surface area contributed by atoms with Gasteiger partial charge < -0.3 is 50.5 Å². The van der Waals surface area contributed by atoms with Crippen molar-refractivity contribution < 1.29 is 50.0 Å². The summed E-state index contributed by atoms with van der Waals surface area (Å²) in [5, 5.41) is 76.6. The molecule has 0 aromatic rings. The number of carbonyl (C=O) groups is 1. The number of allylic oxidation sites excluding steroid dienone is 4. The molecule has 0 aliphatic carbocycles. The normalized spacial score (nSPS) is 18.7. The van der Waals surface area contributed by atoms with Crippen LogP contribution in [0.2, 0.25) is 0 Å². The highest BCUT2D eigenvalue weighted by atomic mass is 16.7. The van der Waals surface area contributed by atoms with Crippen molar-refractivity contribution in [2.24, 2.45) is 0 Å². The Morgan fingerprint density at radius 2 is 0.678 bits per heavy atom. The topological polar surface area (TPSA) is 189 Å². The zero-order chi connectivity index (χ0) is 63.1. The summed E-state index contributed by atoms with van der Waals surface area (Å²) >= 11 is 0. The molecule has 1 saturated heterocycles. The smallest absolute Gasteiger partial charge is 0.249 e. The van der Waals surface area contributed by atoms with E-state index in [1.54, 1.807) is 0 Å². The molecule has 11 heteroatoms. The molecule has 8 N–H and O–H groups in total. The molecule has 9 unspecified atom stereocenters. The van der Waals surface area contributed by atoms with Gasteiger partial charge >= 0.3 is 0 Å². The number of hydrogen-bond donors (Lipinski definition) is 8. The van der Waals surface area contributed by atoms with E-state index in [1.807, 2.05) is 0 Å². The molecule has 1 amide bonds. The van der Waals surface area contributed by atoms with Gasteiger partial charge in [0, 0.05) is 0 Å². The summed E-state index contributed by atoms with van der Waals surface area (Å²) in [6, 6.07) is -1.19. The minimum absolute atomic E-state index is 0.258. The molecule has 516 valence electrons. The highest BCUT2D eigenvalue weighted by Crippen LogP contribution is 2.24. The number of rotatable bonds is 68. The lowest BCUT2D eigenvalue weighted by molar-refractivity contribution is -0.303. The van der Waals surface area contributed by atoms with E-state index in [9.17, 15) is 40.5 Å². The largest absolute Gasteiger partial charge is 0.394 e. The number of unbranched alkanes of at least 4 members (excludes halogenated alkanes) is 52. The second kappa shape index (κ2) is 64.7. The molecule has 0 radical (unpaired) electrons. The standard InChI is InChI=1S/C76H147NO10/c1-3-5-7-9-11-13-15-17-19-21-23-25-27-29-31-32-33-34-35-36-37-38-40-42-44-46-48-50-52-54-56-58-60-62-64-69(80)75(85)77-67(66-86-76-74(84)73(83)72(82)70(65-78)87-76)71(81)68(79)63-61-59-57-55-53-51-49-47-45-43-41-39-30-28-26-24-22-20-18-16-14-12-10-8-6-4-2/h32-33,55,57,67-74,76,78-84H,3-31,34-54,56,58-66H2,1-2H3,(H,77,85)/b33-32-,57-55+. The predicted molar refractivity (Wildman–Crippen MR) is 367 cm³/mol. The summed E-state index contributed by atoms with van der Waals surface area (Å²) in [4.78, 5) is 13.3. The Morgan fingerprint density at radius 3 is 0.989 bits per heavy atom. The maximum Gasteiger partial charge on any atom is 0.249 e. The third-order valence-corrected chi connectivity index (χ3v) is 18.7. The summed E-state index contributed by atoms with van der Waals surface area (Å²) in [5.74, 6) is -0.699. The van der Waals surface area contributed by atoms with Crippen molar-refractivity contribution in [3.05, 3.63) is 24.3 Å². The van der Waals surface area contributed by atoms with Crippen molar-refractivity contribution >= 4 is 5.91 Å². The average molecular weight is 1240 g/mol. The Kier molecular flexibility index (Phi) is 62.2. The van der Waals surface area contributed by atoms with E-state index in [1.165, 1.54) is 308 Å². The van der Waals surface area contributed by atoms with Crippen LogP contribution in [0.5, 0.6) is 0 Å². The molecule has 0 spiro atoms. The third kappa shape index (κ3) is 51.8. The van der Waals surface area contributed by atoms with Crippen LogP contribution in [0.25, 0.3) is 0 Å². The van der Waals surface area contributed by atoms with Gasteiger partial charge in [-0.15, -0.1) is 0 Å². The van der Waals surface area contributed by atoms with Gasteiger partial charge in [-0.1, -0.05) is 346 Å². The number of aliphatic hydroxyl groups is 7. The quantitative estimate of drug-likeness (QED) is 0.0215. The number of ether oxygens (including phenoxy) is 2. The fraction of sp³-hybridized carbons (Fsp3) is 0.934. The first-order valence-corrected chi connectivity index (χ1v) is 38.2. The molecule has 1 fully saturated rings. The Labute approximate surface area is 537 Å². The summed E-state index contributed by atoms with van der Waals surface area (Å²) < 4.78 is 11.2. The molecular weight excluding hydrogens is 1090 g/mol. The van der Waals surface area contributed by atoms with Crippen LogP contribution in [-0.4, -0.2) is 110 Å². The van der Waals surface area contributed by atoms with E-state index in [4.69, 9.17) is 9.47 Å². The van der Waals surface area contributed by atoms with Crippen LogP contribution in [0, 0.1) is 0 Å². The summed E-state index contributed by atoms with van der Waals surface area (Å²) in [5.41, 5.74) is 0.